The first kappa shape index (κ1) is 20.8. The third-order valence-corrected chi connectivity index (χ3v) is 6.31. The maximum atomic E-state index is 12.6. The van der Waals surface area contributed by atoms with Crippen molar-refractivity contribution in [1.29, 1.82) is 0 Å². The van der Waals surface area contributed by atoms with Crippen LogP contribution in [-0.4, -0.2) is 32.6 Å². The van der Waals surface area contributed by atoms with Crippen molar-refractivity contribution in [2.24, 2.45) is 11.3 Å². The largest absolute Gasteiger partial charge is 0.354 e. The number of pyridine rings is 1. The van der Waals surface area contributed by atoms with Gasteiger partial charge in [-0.25, -0.2) is 4.98 Å². The molecule has 2 N–H and O–H groups in total. The molecule has 30 heavy (non-hydrogen) atoms. The molecule has 1 aliphatic carbocycles. The molecular formula is C22H28ClN5O2. The fraction of sp³-hybridized carbons (Fsp3) is 0.545. The molecule has 0 bridgehead atoms. The van der Waals surface area contributed by atoms with Crippen LogP contribution in [-0.2, 0) is 22.6 Å². The number of anilines is 1. The van der Waals surface area contributed by atoms with Crippen LogP contribution in [0.25, 0.3) is 11.1 Å². The molecule has 0 spiro atoms. The molecule has 1 fully saturated rings. The van der Waals surface area contributed by atoms with E-state index in [1.54, 1.807) is 6.20 Å². The molecular weight excluding hydrogens is 402 g/mol. The fourth-order valence-electron chi connectivity index (χ4n) is 4.72. The third-order valence-electron chi connectivity index (χ3n) is 6.01. The molecule has 0 unspecified atom stereocenters. The number of rotatable bonds is 5. The van der Waals surface area contributed by atoms with Gasteiger partial charge in [0.05, 0.1) is 11.2 Å². The zero-order valence-electron chi connectivity index (χ0n) is 17.7. The lowest BCUT2D eigenvalue weighted by atomic mass is 9.89. The van der Waals surface area contributed by atoms with Crippen LogP contribution in [0.2, 0.25) is 5.02 Å². The van der Waals surface area contributed by atoms with Gasteiger partial charge in [-0.15, -0.1) is 0 Å². The van der Waals surface area contributed by atoms with Gasteiger partial charge in [-0.2, -0.15) is 5.10 Å². The van der Waals surface area contributed by atoms with Crippen molar-refractivity contribution in [2.75, 3.05) is 5.32 Å². The molecule has 8 heteroatoms. The normalized spacial score (nSPS) is 22.0. The summed E-state index contributed by atoms with van der Waals surface area (Å²) in [6, 6.07) is 2.01. The van der Waals surface area contributed by atoms with Crippen molar-refractivity contribution in [3.63, 3.8) is 0 Å². The molecule has 2 amide bonds. The van der Waals surface area contributed by atoms with E-state index < -0.39 is 0 Å². The Morgan fingerprint density at radius 2 is 2.07 bits per heavy atom. The highest BCUT2D eigenvalue weighted by atomic mass is 35.5. The van der Waals surface area contributed by atoms with Gasteiger partial charge in [-0.3, -0.25) is 14.3 Å². The van der Waals surface area contributed by atoms with Gasteiger partial charge in [0.25, 0.3) is 0 Å². The topological polar surface area (TPSA) is 88.9 Å². The molecule has 2 atom stereocenters. The summed E-state index contributed by atoms with van der Waals surface area (Å²) in [6.45, 7) is 6.87. The van der Waals surface area contributed by atoms with Crippen molar-refractivity contribution < 1.29 is 9.59 Å². The Labute approximate surface area is 181 Å². The van der Waals surface area contributed by atoms with Crippen LogP contribution in [0.15, 0.2) is 18.5 Å². The van der Waals surface area contributed by atoms with Gasteiger partial charge in [0.2, 0.25) is 11.8 Å². The Balaban J connectivity index is 1.43. The van der Waals surface area contributed by atoms with Crippen LogP contribution in [0, 0.1) is 11.3 Å². The maximum Gasteiger partial charge on any atom is 0.225 e. The highest BCUT2D eigenvalue weighted by molar-refractivity contribution is 6.33. The first-order valence-electron chi connectivity index (χ1n) is 10.5. The second kappa shape index (κ2) is 8.02. The predicted octanol–water partition coefficient (Wildman–Crippen LogP) is 3.81. The zero-order chi connectivity index (χ0) is 21.5. The molecule has 7 nitrogen and oxygen atoms in total. The highest BCUT2D eigenvalue weighted by Crippen LogP contribution is 2.39. The molecule has 1 aliphatic heterocycles. The summed E-state index contributed by atoms with van der Waals surface area (Å²) in [4.78, 5) is 28.1. The molecule has 2 aromatic heterocycles. The number of amides is 2. The summed E-state index contributed by atoms with van der Waals surface area (Å²) in [7, 11) is 0. The monoisotopic (exact) mass is 429 g/mol. The van der Waals surface area contributed by atoms with E-state index in [1.165, 1.54) is 12.6 Å². The fourth-order valence-corrected chi connectivity index (χ4v) is 4.93. The van der Waals surface area contributed by atoms with E-state index in [0.29, 0.717) is 17.3 Å². The Morgan fingerprint density at radius 3 is 2.83 bits per heavy atom. The minimum absolute atomic E-state index is 0.0157. The molecule has 3 heterocycles. The third kappa shape index (κ3) is 4.51. The number of carbonyl (C=O) groups excluding carboxylic acids is 2. The molecule has 160 valence electrons. The van der Waals surface area contributed by atoms with Gasteiger partial charge in [-0.05, 0) is 43.1 Å². The number of carbonyl (C=O) groups is 2. The Bertz CT molecular complexity index is 984. The predicted molar refractivity (Wildman–Crippen MR) is 116 cm³/mol. The molecule has 0 aromatic carbocycles. The second-order valence-corrected chi connectivity index (χ2v) is 9.79. The smallest absolute Gasteiger partial charge is 0.225 e. The van der Waals surface area contributed by atoms with Crippen molar-refractivity contribution in [1.82, 2.24) is 20.1 Å². The van der Waals surface area contributed by atoms with Crippen LogP contribution in [0.5, 0.6) is 0 Å². The summed E-state index contributed by atoms with van der Waals surface area (Å²) in [5.41, 5.74) is 3.18. The number of nitrogens with one attached hydrogen (secondary N) is 2. The quantitative estimate of drug-likeness (QED) is 0.756. The van der Waals surface area contributed by atoms with E-state index in [2.05, 4.69) is 34.6 Å². The standard InChI is InChI=1S/C22H28ClN5O2/c1-13(29)26-15-5-4-14(6-15)7-21(30)27-20-8-16(18(23)11-24-20)17-10-25-28-12-22(2,3)9-19(17)28/h8,10-11,14-15H,4-7,9,12H2,1-3H3,(H,26,29)(H,24,27,30)/t14-,15+/m0/s1. The number of hydrogen-bond donors (Lipinski definition) is 2. The highest BCUT2D eigenvalue weighted by Gasteiger charge is 2.32. The summed E-state index contributed by atoms with van der Waals surface area (Å²) in [6.07, 6.45) is 7.48. The van der Waals surface area contributed by atoms with E-state index in [1.807, 2.05) is 16.9 Å². The maximum absolute atomic E-state index is 12.6. The number of aromatic nitrogens is 3. The minimum Gasteiger partial charge on any atom is -0.354 e. The van der Waals surface area contributed by atoms with Crippen LogP contribution in [0.1, 0.15) is 52.1 Å². The van der Waals surface area contributed by atoms with Gasteiger partial charge >= 0.3 is 0 Å². The van der Waals surface area contributed by atoms with Crippen LogP contribution >= 0.6 is 11.6 Å². The van der Waals surface area contributed by atoms with Gasteiger partial charge in [0.15, 0.2) is 0 Å². The minimum atomic E-state index is -0.0642. The van der Waals surface area contributed by atoms with E-state index in [9.17, 15) is 9.59 Å². The lowest BCUT2D eigenvalue weighted by Gasteiger charge is -2.15. The average molecular weight is 430 g/mol. The van der Waals surface area contributed by atoms with Crippen molar-refractivity contribution in [2.45, 2.75) is 65.5 Å². The molecule has 2 aromatic rings. The van der Waals surface area contributed by atoms with Crippen molar-refractivity contribution in [3.8, 4) is 11.1 Å². The first-order valence-corrected chi connectivity index (χ1v) is 10.9. The van der Waals surface area contributed by atoms with Crippen LogP contribution < -0.4 is 10.6 Å². The molecule has 2 aliphatic rings. The summed E-state index contributed by atoms with van der Waals surface area (Å²) < 4.78 is 2.04. The lowest BCUT2D eigenvalue weighted by Crippen LogP contribution is -2.30. The number of nitrogens with zero attached hydrogens (tertiary/aromatic N) is 3. The number of halogens is 1. The first-order chi connectivity index (χ1) is 14.2. The van der Waals surface area contributed by atoms with Gasteiger partial charge in [-0.1, -0.05) is 25.4 Å². The zero-order valence-corrected chi connectivity index (χ0v) is 18.4. The Kier molecular flexibility index (Phi) is 5.57. The van der Waals surface area contributed by atoms with Crippen LogP contribution in [0.4, 0.5) is 5.82 Å². The molecule has 1 saturated carbocycles. The van der Waals surface area contributed by atoms with E-state index in [0.717, 1.165) is 43.4 Å². The summed E-state index contributed by atoms with van der Waals surface area (Å²) in [5, 5.41) is 10.9. The van der Waals surface area contributed by atoms with Crippen molar-refractivity contribution in [3.05, 3.63) is 29.2 Å². The number of hydrogen-bond acceptors (Lipinski definition) is 4. The van der Waals surface area contributed by atoms with E-state index >= 15 is 0 Å². The SMILES string of the molecule is CC(=O)N[C@@H]1CC[C@H](CC(=O)Nc2cc(-c3cnn4c3CC(C)(C)C4)c(Cl)cn2)C1. The molecule has 0 radical (unpaired) electrons. The van der Waals surface area contributed by atoms with E-state index in [-0.39, 0.29) is 29.2 Å². The van der Waals surface area contributed by atoms with Crippen LogP contribution in [0.3, 0.4) is 0 Å². The molecule has 0 saturated heterocycles. The van der Waals surface area contributed by atoms with E-state index in [4.69, 9.17) is 11.6 Å². The Hall–Kier alpha value is -2.41. The van der Waals surface area contributed by atoms with Gasteiger partial charge in [0, 0.05) is 48.9 Å². The number of fused-ring (bicyclic) bond motifs is 1. The lowest BCUT2D eigenvalue weighted by molar-refractivity contribution is -0.119. The average Bonchev–Trinajstić information content (AvgIpc) is 3.30. The second-order valence-electron chi connectivity index (χ2n) is 9.38. The molecule has 4 rings (SSSR count). The summed E-state index contributed by atoms with van der Waals surface area (Å²) in [5.74, 6) is 0.687. The van der Waals surface area contributed by atoms with Gasteiger partial charge < -0.3 is 10.6 Å². The summed E-state index contributed by atoms with van der Waals surface area (Å²) >= 11 is 6.45. The van der Waals surface area contributed by atoms with Gasteiger partial charge in [0.1, 0.15) is 5.82 Å². The Morgan fingerprint density at radius 1 is 1.27 bits per heavy atom. The van der Waals surface area contributed by atoms with Crippen molar-refractivity contribution >= 4 is 29.2 Å².